The van der Waals surface area contributed by atoms with E-state index in [1.807, 2.05) is 6.92 Å². The Balaban J connectivity index is 2.40. The van der Waals surface area contributed by atoms with Crippen LogP contribution in [0.1, 0.15) is 42.8 Å². The lowest BCUT2D eigenvalue weighted by molar-refractivity contribution is -0.153. The first-order valence-electron chi connectivity index (χ1n) is 4.68. The van der Waals surface area contributed by atoms with Gasteiger partial charge in [0.25, 0.3) is 0 Å². The quantitative estimate of drug-likeness (QED) is 0.627. The van der Waals surface area contributed by atoms with Crippen LogP contribution in [0.15, 0.2) is 10.5 Å². The molecule has 1 nitrogen and oxygen atoms in total. The Bertz CT molecular complexity index is 338. The van der Waals surface area contributed by atoms with Gasteiger partial charge in [0, 0.05) is 5.92 Å². The first-order chi connectivity index (χ1) is 6.48. The Morgan fingerprint density at radius 1 is 1.43 bits per heavy atom. The fourth-order valence-electron chi connectivity index (χ4n) is 1.92. The van der Waals surface area contributed by atoms with Crippen LogP contribution in [-0.2, 0) is 12.6 Å². The molecule has 1 heterocycles. The van der Waals surface area contributed by atoms with E-state index in [9.17, 15) is 13.2 Å². The predicted octanol–water partition coefficient (Wildman–Crippen LogP) is 3.74. The number of fused-ring (bicyclic) bond motifs is 1. The molecule has 0 unspecified atom stereocenters. The van der Waals surface area contributed by atoms with Crippen molar-refractivity contribution in [2.75, 3.05) is 0 Å². The van der Waals surface area contributed by atoms with Crippen LogP contribution in [0.3, 0.4) is 0 Å². The van der Waals surface area contributed by atoms with Gasteiger partial charge >= 0.3 is 6.18 Å². The molecule has 0 aliphatic heterocycles. The van der Waals surface area contributed by atoms with Crippen molar-refractivity contribution in [1.82, 2.24) is 0 Å². The van der Waals surface area contributed by atoms with Crippen molar-refractivity contribution in [3.63, 3.8) is 0 Å². The molecule has 1 aliphatic rings. The molecule has 0 amide bonds. The van der Waals surface area contributed by atoms with Gasteiger partial charge in [-0.3, -0.25) is 0 Å². The summed E-state index contributed by atoms with van der Waals surface area (Å²) >= 11 is 0. The first kappa shape index (κ1) is 9.62. The second kappa shape index (κ2) is 3.04. The van der Waals surface area contributed by atoms with Crippen molar-refractivity contribution in [2.24, 2.45) is 0 Å². The van der Waals surface area contributed by atoms with Crippen LogP contribution >= 0.6 is 0 Å². The van der Waals surface area contributed by atoms with Crippen molar-refractivity contribution in [3.05, 3.63) is 23.2 Å². The van der Waals surface area contributed by atoms with Gasteiger partial charge in [0.05, 0.1) is 0 Å². The van der Waals surface area contributed by atoms with Gasteiger partial charge in [-0.15, -0.1) is 0 Å². The van der Waals surface area contributed by atoms with E-state index in [4.69, 9.17) is 4.42 Å². The van der Waals surface area contributed by atoms with Gasteiger partial charge in [0.2, 0.25) is 5.76 Å². The van der Waals surface area contributed by atoms with E-state index in [0.717, 1.165) is 24.5 Å². The highest BCUT2D eigenvalue weighted by Gasteiger charge is 2.37. The molecule has 0 bridgehead atoms. The van der Waals surface area contributed by atoms with Gasteiger partial charge in [-0.2, -0.15) is 13.2 Å². The largest absolute Gasteiger partial charge is 0.456 e. The molecule has 0 saturated heterocycles. The van der Waals surface area contributed by atoms with Gasteiger partial charge in [-0.05, 0) is 30.9 Å². The van der Waals surface area contributed by atoms with E-state index in [1.54, 1.807) is 0 Å². The summed E-state index contributed by atoms with van der Waals surface area (Å²) in [5.41, 5.74) is 0.732. The van der Waals surface area contributed by atoms with Crippen LogP contribution in [0.2, 0.25) is 0 Å². The topological polar surface area (TPSA) is 13.1 Å². The van der Waals surface area contributed by atoms with Crippen LogP contribution in [0.4, 0.5) is 13.2 Å². The zero-order valence-electron chi connectivity index (χ0n) is 7.82. The lowest BCUT2D eigenvalue weighted by Gasteiger charge is -2.15. The van der Waals surface area contributed by atoms with Gasteiger partial charge < -0.3 is 4.42 Å². The molecule has 0 spiro atoms. The van der Waals surface area contributed by atoms with Crippen molar-refractivity contribution in [1.29, 1.82) is 0 Å². The predicted molar refractivity (Wildman–Crippen MR) is 45.1 cm³/mol. The fraction of sp³-hybridized carbons (Fsp3) is 0.600. The molecule has 1 aliphatic carbocycles. The van der Waals surface area contributed by atoms with Gasteiger partial charge in [0.15, 0.2) is 0 Å². The van der Waals surface area contributed by atoms with Crippen LogP contribution in [-0.4, -0.2) is 0 Å². The maximum Gasteiger partial charge on any atom is 0.449 e. The zero-order chi connectivity index (χ0) is 10.3. The minimum absolute atomic E-state index is 0.120. The third kappa shape index (κ3) is 1.53. The molecule has 2 rings (SSSR count). The molecule has 0 saturated carbocycles. The molecule has 14 heavy (non-hydrogen) atoms. The standard InChI is InChI=1S/C10H11F3O/c1-6-3-2-4-7-5-8(10(11,12)13)14-9(6)7/h5-6H,2-4H2,1H3/t6-/m1/s1. The minimum atomic E-state index is -4.35. The van der Waals surface area contributed by atoms with E-state index >= 15 is 0 Å². The van der Waals surface area contributed by atoms with Crippen LogP contribution < -0.4 is 0 Å². The van der Waals surface area contributed by atoms with Gasteiger partial charge in [0.1, 0.15) is 5.76 Å². The third-order valence-corrected chi connectivity index (χ3v) is 2.65. The highest BCUT2D eigenvalue weighted by Crippen LogP contribution is 2.39. The lowest BCUT2D eigenvalue weighted by Crippen LogP contribution is -2.03. The average Bonchev–Trinajstić information content (AvgIpc) is 2.48. The van der Waals surface area contributed by atoms with Crippen molar-refractivity contribution in [2.45, 2.75) is 38.3 Å². The number of furan rings is 1. The highest BCUT2D eigenvalue weighted by atomic mass is 19.4. The number of rotatable bonds is 0. The minimum Gasteiger partial charge on any atom is -0.456 e. The van der Waals surface area contributed by atoms with Gasteiger partial charge in [-0.1, -0.05) is 6.92 Å². The van der Waals surface area contributed by atoms with Crippen molar-refractivity contribution < 1.29 is 17.6 Å². The molecule has 1 aromatic rings. The Morgan fingerprint density at radius 2 is 2.14 bits per heavy atom. The van der Waals surface area contributed by atoms with Crippen molar-refractivity contribution in [3.8, 4) is 0 Å². The summed E-state index contributed by atoms with van der Waals surface area (Å²) in [6.45, 7) is 1.90. The first-order valence-corrected chi connectivity index (χ1v) is 4.68. The monoisotopic (exact) mass is 204 g/mol. The van der Waals surface area contributed by atoms with E-state index in [0.29, 0.717) is 12.2 Å². The second-order valence-electron chi connectivity index (χ2n) is 3.79. The third-order valence-electron chi connectivity index (χ3n) is 2.65. The average molecular weight is 204 g/mol. The summed E-state index contributed by atoms with van der Waals surface area (Å²) in [7, 11) is 0. The fourth-order valence-corrected chi connectivity index (χ4v) is 1.92. The lowest BCUT2D eigenvalue weighted by atomic mass is 9.90. The van der Waals surface area contributed by atoms with E-state index in [2.05, 4.69) is 0 Å². The van der Waals surface area contributed by atoms with Crippen molar-refractivity contribution >= 4 is 0 Å². The Morgan fingerprint density at radius 3 is 2.71 bits per heavy atom. The summed E-state index contributed by atoms with van der Waals surface area (Å²) in [6.07, 6.45) is -1.78. The molecule has 4 heteroatoms. The number of hydrogen-bond donors (Lipinski definition) is 0. The Hall–Kier alpha value is -0.930. The summed E-state index contributed by atoms with van der Waals surface area (Å²) in [5.74, 6) is -0.199. The molecular weight excluding hydrogens is 193 g/mol. The second-order valence-corrected chi connectivity index (χ2v) is 3.79. The van der Waals surface area contributed by atoms with E-state index in [-0.39, 0.29) is 5.92 Å². The molecule has 1 aromatic heterocycles. The molecule has 78 valence electrons. The molecular formula is C10H11F3O. The van der Waals surface area contributed by atoms with Crippen LogP contribution in [0, 0.1) is 0 Å². The molecule has 0 aromatic carbocycles. The summed E-state index contributed by atoms with van der Waals surface area (Å²) in [5, 5.41) is 0. The van der Waals surface area contributed by atoms with Gasteiger partial charge in [-0.25, -0.2) is 0 Å². The number of hydrogen-bond acceptors (Lipinski definition) is 1. The summed E-state index contributed by atoms with van der Waals surface area (Å²) < 4.78 is 41.8. The maximum atomic E-state index is 12.3. The highest BCUT2D eigenvalue weighted by molar-refractivity contribution is 5.27. The van der Waals surface area contributed by atoms with Crippen LogP contribution in [0.5, 0.6) is 0 Å². The molecule has 0 N–H and O–H groups in total. The summed E-state index contributed by atoms with van der Waals surface area (Å²) in [6, 6.07) is 1.14. The molecule has 0 radical (unpaired) electrons. The maximum absolute atomic E-state index is 12.3. The van der Waals surface area contributed by atoms with Crippen LogP contribution in [0.25, 0.3) is 0 Å². The number of halogens is 3. The smallest absolute Gasteiger partial charge is 0.449 e. The SMILES string of the molecule is C[C@@H]1CCCc2cc(C(F)(F)F)oc21. The zero-order valence-corrected chi connectivity index (χ0v) is 7.82. The Labute approximate surface area is 79.9 Å². The molecule has 1 atom stereocenters. The van der Waals surface area contributed by atoms with E-state index < -0.39 is 11.9 Å². The number of aryl methyl sites for hydroxylation is 1. The number of alkyl halides is 3. The normalized spacial score (nSPS) is 22.1. The Kier molecular flexibility index (Phi) is 2.09. The van der Waals surface area contributed by atoms with E-state index in [1.165, 1.54) is 0 Å². The summed E-state index contributed by atoms with van der Waals surface area (Å²) in [4.78, 5) is 0. The molecule has 0 fully saturated rings.